The van der Waals surface area contributed by atoms with Crippen molar-refractivity contribution in [1.29, 1.82) is 0 Å². The Labute approximate surface area is 132 Å². The first-order valence-electron chi connectivity index (χ1n) is 8.10. The molecule has 2 aromatic rings. The maximum absolute atomic E-state index is 4.51. The van der Waals surface area contributed by atoms with Gasteiger partial charge in [0, 0.05) is 50.6 Å². The highest BCUT2D eigenvalue weighted by Gasteiger charge is 2.13. The van der Waals surface area contributed by atoms with E-state index in [0.717, 1.165) is 42.4 Å². The van der Waals surface area contributed by atoms with Crippen LogP contribution in [0.15, 0.2) is 12.1 Å². The molecule has 3 rings (SSSR count). The first-order chi connectivity index (χ1) is 10.6. The number of rotatable bonds is 5. The molecule has 6 nitrogen and oxygen atoms in total. The van der Waals surface area contributed by atoms with Crippen LogP contribution in [0.1, 0.15) is 17.8 Å². The van der Waals surface area contributed by atoms with Gasteiger partial charge in [0.2, 0.25) is 0 Å². The summed E-state index contributed by atoms with van der Waals surface area (Å²) in [5.74, 6) is 1.04. The first kappa shape index (κ1) is 15.2. The molecule has 1 aliphatic heterocycles. The van der Waals surface area contributed by atoms with E-state index in [1.807, 2.05) is 24.4 Å². The van der Waals surface area contributed by atoms with Gasteiger partial charge in [-0.1, -0.05) is 0 Å². The average Bonchev–Trinajstić information content (AvgIpc) is 2.85. The fraction of sp³-hybridized carbons (Fsp3) is 0.625. The highest BCUT2D eigenvalue weighted by molar-refractivity contribution is 5.50. The number of aryl methyl sites for hydroxylation is 2. The summed E-state index contributed by atoms with van der Waals surface area (Å²) < 4.78 is 1.90. The predicted molar refractivity (Wildman–Crippen MR) is 89.5 cm³/mol. The van der Waals surface area contributed by atoms with Gasteiger partial charge in [-0.3, -0.25) is 0 Å². The van der Waals surface area contributed by atoms with Crippen LogP contribution in [-0.2, 0) is 0 Å². The molecule has 0 aliphatic carbocycles. The number of nitrogens with one attached hydrogen (secondary N) is 1. The lowest BCUT2D eigenvalue weighted by atomic mass is 10.3. The Kier molecular flexibility index (Phi) is 4.59. The lowest BCUT2D eigenvalue weighted by molar-refractivity contribution is 0.154. The van der Waals surface area contributed by atoms with Crippen molar-refractivity contribution in [3.05, 3.63) is 23.5 Å². The molecule has 0 amide bonds. The summed E-state index contributed by atoms with van der Waals surface area (Å²) in [7, 11) is 2.20. The van der Waals surface area contributed by atoms with E-state index in [2.05, 4.69) is 38.3 Å². The molecule has 0 aromatic carbocycles. The third-order valence-corrected chi connectivity index (χ3v) is 4.23. The van der Waals surface area contributed by atoms with E-state index in [-0.39, 0.29) is 0 Å². The van der Waals surface area contributed by atoms with E-state index >= 15 is 0 Å². The van der Waals surface area contributed by atoms with Crippen molar-refractivity contribution in [2.75, 3.05) is 51.6 Å². The van der Waals surface area contributed by atoms with Gasteiger partial charge < -0.3 is 15.1 Å². The number of aromatic nitrogens is 3. The molecule has 2 aromatic heterocycles. The van der Waals surface area contributed by atoms with Crippen molar-refractivity contribution in [2.45, 2.75) is 20.3 Å². The number of likely N-dealkylation sites (N-methyl/N-ethyl adjacent to an activating group) is 1. The largest absolute Gasteiger partial charge is 0.370 e. The third-order valence-electron chi connectivity index (χ3n) is 4.23. The fourth-order valence-corrected chi connectivity index (χ4v) is 2.93. The van der Waals surface area contributed by atoms with E-state index in [4.69, 9.17) is 0 Å². The van der Waals surface area contributed by atoms with Gasteiger partial charge in [-0.2, -0.15) is 9.61 Å². The Morgan fingerprint density at radius 2 is 1.86 bits per heavy atom. The molecule has 0 spiro atoms. The number of anilines is 1. The molecule has 0 radical (unpaired) electrons. The van der Waals surface area contributed by atoms with Crippen LogP contribution in [0, 0.1) is 13.8 Å². The molecule has 6 heteroatoms. The van der Waals surface area contributed by atoms with Gasteiger partial charge in [0.1, 0.15) is 5.82 Å². The van der Waals surface area contributed by atoms with Crippen molar-refractivity contribution in [1.82, 2.24) is 24.4 Å². The van der Waals surface area contributed by atoms with Crippen molar-refractivity contribution in [2.24, 2.45) is 0 Å². The highest BCUT2D eigenvalue weighted by Crippen LogP contribution is 2.13. The second-order valence-electron chi connectivity index (χ2n) is 6.26. The van der Waals surface area contributed by atoms with Crippen LogP contribution in [0.25, 0.3) is 5.65 Å². The molecular formula is C16H26N6. The lowest BCUT2D eigenvalue weighted by Gasteiger charge is -2.32. The maximum atomic E-state index is 4.51. The van der Waals surface area contributed by atoms with E-state index in [9.17, 15) is 0 Å². The summed E-state index contributed by atoms with van der Waals surface area (Å²) in [5, 5.41) is 8.02. The average molecular weight is 302 g/mol. The van der Waals surface area contributed by atoms with Crippen LogP contribution >= 0.6 is 0 Å². The molecule has 3 heterocycles. The zero-order chi connectivity index (χ0) is 15.5. The molecule has 1 fully saturated rings. The van der Waals surface area contributed by atoms with Gasteiger partial charge in [-0.15, -0.1) is 0 Å². The number of nitrogens with zero attached hydrogens (tertiary/aromatic N) is 5. The van der Waals surface area contributed by atoms with E-state index in [1.54, 1.807) is 0 Å². The van der Waals surface area contributed by atoms with Crippen molar-refractivity contribution < 1.29 is 0 Å². The van der Waals surface area contributed by atoms with Gasteiger partial charge in [-0.05, 0) is 33.9 Å². The molecular weight excluding hydrogens is 276 g/mol. The van der Waals surface area contributed by atoms with Gasteiger partial charge in [0.15, 0.2) is 5.65 Å². The van der Waals surface area contributed by atoms with Crippen LogP contribution in [0.5, 0.6) is 0 Å². The van der Waals surface area contributed by atoms with Gasteiger partial charge in [0.05, 0.1) is 5.69 Å². The standard InChI is InChI=1S/C16H26N6/c1-13-11-15(22-16(18-13)12-14(2)19-22)17-5-4-6-21-9-7-20(3)8-10-21/h11-12,17H,4-10H2,1-3H3. The zero-order valence-corrected chi connectivity index (χ0v) is 13.8. The number of piperazine rings is 1. The summed E-state index contributed by atoms with van der Waals surface area (Å²) in [6.07, 6.45) is 1.15. The topological polar surface area (TPSA) is 48.7 Å². The summed E-state index contributed by atoms with van der Waals surface area (Å²) in [4.78, 5) is 9.46. The first-order valence-corrected chi connectivity index (χ1v) is 8.10. The Balaban J connectivity index is 1.53. The van der Waals surface area contributed by atoms with Gasteiger partial charge in [-0.25, -0.2) is 4.98 Å². The quantitative estimate of drug-likeness (QED) is 0.846. The summed E-state index contributed by atoms with van der Waals surface area (Å²) in [6.45, 7) is 10.9. The fourth-order valence-electron chi connectivity index (χ4n) is 2.93. The molecule has 0 atom stereocenters. The highest BCUT2D eigenvalue weighted by atomic mass is 15.3. The molecule has 1 saturated heterocycles. The predicted octanol–water partition coefficient (Wildman–Crippen LogP) is 1.40. The van der Waals surface area contributed by atoms with Crippen LogP contribution in [0.4, 0.5) is 5.82 Å². The van der Waals surface area contributed by atoms with Crippen LogP contribution in [0.3, 0.4) is 0 Å². The van der Waals surface area contributed by atoms with Crippen molar-refractivity contribution in [3.8, 4) is 0 Å². The van der Waals surface area contributed by atoms with Crippen molar-refractivity contribution in [3.63, 3.8) is 0 Å². The van der Waals surface area contributed by atoms with E-state index in [0.29, 0.717) is 0 Å². The zero-order valence-electron chi connectivity index (χ0n) is 13.8. The Morgan fingerprint density at radius 1 is 1.09 bits per heavy atom. The van der Waals surface area contributed by atoms with E-state index < -0.39 is 0 Å². The Morgan fingerprint density at radius 3 is 2.64 bits per heavy atom. The molecule has 1 N–H and O–H groups in total. The second kappa shape index (κ2) is 6.62. The second-order valence-corrected chi connectivity index (χ2v) is 6.26. The number of hydrogen-bond acceptors (Lipinski definition) is 5. The Hall–Kier alpha value is -1.66. The van der Waals surface area contributed by atoms with Gasteiger partial charge >= 0.3 is 0 Å². The van der Waals surface area contributed by atoms with Crippen molar-refractivity contribution >= 4 is 11.5 Å². The smallest absolute Gasteiger partial charge is 0.157 e. The molecule has 120 valence electrons. The molecule has 1 aliphatic rings. The minimum absolute atomic E-state index is 0.916. The number of fused-ring (bicyclic) bond motifs is 1. The molecule has 0 saturated carbocycles. The minimum Gasteiger partial charge on any atom is -0.370 e. The maximum Gasteiger partial charge on any atom is 0.157 e. The summed E-state index contributed by atoms with van der Waals surface area (Å²) in [5.41, 5.74) is 2.94. The van der Waals surface area contributed by atoms with E-state index in [1.165, 1.54) is 26.2 Å². The van der Waals surface area contributed by atoms with Gasteiger partial charge in [0.25, 0.3) is 0 Å². The summed E-state index contributed by atoms with van der Waals surface area (Å²) in [6, 6.07) is 4.08. The monoisotopic (exact) mass is 302 g/mol. The molecule has 0 unspecified atom stereocenters. The SMILES string of the molecule is Cc1cc(NCCCN2CCN(C)CC2)n2nc(C)cc2n1. The third kappa shape index (κ3) is 3.56. The number of hydrogen-bond donors (Lipinski definition) is 1. The summed E-state index contributed by atoms with van der Waals surface area (Å²) >= 11 is 0. The van der Waals surface area contributed by atoms with Crippen LogP contribution in [-0.4, -0.2) is 70.7 Å². The lowest BCUT2D eigenvalue weighted by Crippen LogP contribution is -2.44. The normalized spacial score (nSPS) is 17.2. The minimum atomic E-state index is 0.916. The van der Waals surface area contributed by atoms with Crippen LogP contribution in [0.2, 0.25) is 0 Å². The molecule has 22 heavy (non-hydrogen) atoms. The molecule has 0 bridgehead atoms. The van der Waals surface area contributed by atoms with Crippen LogP contribution < -0.4 is 5.32 Å². The Bertz CT molecular complexity index is 627.